The largest absolute Gasteiger partial charge is 0.377 e. The van der Waals surface area contributed by atoms with Crippen molar-refractivity contribution in [1.82, 2.24) is 20.9 Å². The number of β-amino-alcohol motifs (C(OH)–C–C–N with tert-alkyl or cyclic N) is 1. The average Bonchev–Trinajstić information content (AvgIpc) is 3.00. The van der Waals surface area contributed by atoms with E-state index in [1.54, 1.807) is 0 Å². The molecule has 2 amide bonds. The van der Waals surface area contributed by atoms with Gasteiger partial charge in [-0.1, -0.05) is 13.8 Å². The Hall–Kier alpha value is -1.22. The number of aliphatic hydroxyl groups excluding tert-OH is 1. The van der Waals surface area contributed by atoms with E-state index in [0.717, 1.165) is 6.42 Å². The Labute approximate surface area is 148 Å². The first-order valence-electron chi connectivity index (χ1n) is 9.25. The molecule has 0 radical (unpaired) electrons. The van der Waals surface area contributed by atoms with Crippen molar-refractivity contribution in [3.05, 3.63) is 0 Å². The van der Waals surface area contributed by atoms with Gasteiger partial charge in [0, 0.05) is 19.6 Å². The monoisotopic (exact) mass is 354 g/mol. The zero-order valence-corrected chi connectivity index (χ0v) is 15.1. The van der Waals surface area contributed by atoms with Crippen LogP contribution in [0.5, 0.6) is 0 Å². The number of nitrogens with zero attached hydrogens (tertiary/aromatic N) is 1. The Morgan fingerprint density at radius 1 is 1.32 bits per heavy atom. The summed E-state index contributed by atoms with van der Waals surface area (Å²) in [6, 6.07) is -0.933. The molecular formula is C17H30N4O4. The molecule has 8 nitrogen and oxygen atoms in total. The van der Waals surface area contributed by atoms with Crippen LogP contribution in [0.15, 0.2) is 0 Å². The Kier molecular flexibility index (Phi) is 5.62. The van der Waals surface area contributed by atoms with E-state index in [1.165, 1.54) is 0 Å². The number of nitrogens with one attached hydrogen (secondary N) is 3. The van der Waals surface area contributed by atoms with Crippen LogP contribution >= 0.6 is 0 Å². The number of ether oxygens (including phenoxy) is 1. The van der Waals surface area contributed by atoms with E-state index in [9.17, 15) is 14.7 Å². The van der Waals surface area contributed by atoms with E-state index < -0.39 is 12.3 Å². The molecule has 25 heavy (non-hydrogen) atoms. The molecule has 0 aromatic heterocycles. The first-order valence-corrected chi connectivity index (χ1v) is 9.25. The lowest BCUT2D eigenvalue weighted by molar-refractivity contribution is -0.137. The zero-order valence-electron chi connectivity index (χ0n) is 15.1. The van der Waals surface area contributed by atoms with Gasteiger partial charge in [0.05, 0.1) is 24.8 Å². The van der Waals surface area contributed by atoms with E-state index in [1.807, 2.05) is 18.7 Å². The second kappa shape index (κ2) is 7.57. The average molecular weight is 354 g/mol. The lowest BCUT2D eigenvalue weighted by atomic mass is 9.96. The number of rotatable bonds is 2. The third kappa shape index (κ3) is 4.13. The Morgan fingerprint density at radius 2 is 2.08 bits per heavy atom. The van der Waals surface area contributed by atoms with Crippen molar-refractivity contribution in [2.45, 2.75) is 57.0 Å². The van der Waals surface area contributed by atoms with Crippen molar-refractivity contribution in [1.29, 1.82) is 0 Å². The minimum absolute atomic E-state index is 0.152. The number of carbonyl (C=O) groups is 2. The molecule has 3 heterocycles. The summed E-state index contributed by atoms with van der Waals surface area (Å²) in [4.78, 5) is 27.2. The molecule has 4 N–H and O–H groups in total. The standard InChI is InChI=1S/C17H30N4O4/c1-11(2)6-12-15(23)18-8-17(9-25-10-17)19-7-14(22)21-5-3-4-13(21)16(24)20-12/h11-14,19,22H,3-10H2,1-2H3,(H,18,23)(H,20,24)/t12-,13+,14?/m0/s1. The highest BCUT2D eigenvalue weighted by atomic mass is 16.5. The molecule has 1 unspecified atom stereocenters. The predicted octanol–water partition coefficient (Wildman–Crippen LogP) is -1.21. The minimum atomic E-state index is -0.727. The van der Waals surface area contributed by atoms with E-state index in [0.29, 0.717) is 45.7 Å². The molecule has 142 valence electrons. The smallest absolute Gasteiger partial charge is 0.242 e. The quantitative estimate of drug-likeness (QED) is 0.496. The highest BCUT2D eigenvalue weighted by Crippen LogP contribution is 2.22. The summed E-state index contributed by atoms with van der Waals surface area (Å²) in [5.74, 6) is -0.0336. The van der Waals surface area contributed by atoms with Crippen LogP contribution in [0.3, 0.4) is 0 Å². The molecule has 3 fully saturated rings. The van der Waals surface area contributed by atoms with Gasteiger partial charge < -0.3 is 25.8 Å². The van der Waals surface area contributed by atoms with Crippen LogP contribution in [0.25, 0.3) is 0 Å². The van der Waals surface area contributed by atoms with Gasteiger partial charge in [-0.2, -0.15) is 0 Å². The third-order valence-corrected chi connectivity index (χ3v) is 5.34. The summed E-state index contributed by atoms with van der Waals surface area (Å²) in [5, 5.41) is 19.8. The van der Waals surface area contributed by atoms with Gasteiger partial charge in [0.2, 0.25) is 11.8 Å². The molecule has 3 saturated heterocycles. The van der Waals surface area contributed by atoms with Crippen LogP contribution < -0.4 is 16.0 Å². The van der Waals surface area contributed by atoms with Gasteiger partial charge in [0.15, 0.2) is 0 Å². The fraction of sp³-hybridized carbons (Fsp3) is 0.882. The molecule has 3 aliphatic heterocycles. The fourth-order valence-electron chi connectivity index (χ4n) is 3.82. The first-order chi connectivity index (χ1) is 11.9. The Balaban J connectivity index is 1.79. The summed E-state index contributed by atoms with van der Waals surface area (Å²) >= 11 is 0. The predicted molar refractivity (Wildman–Crippen MR) is 91.7 cm³/mol. The van der Waals surface area contributed by atoms with Crippen molar-refractivity contribution in [2.24, 2.45) is 5.92 Å². The fourth-order valence-corrected chi connectivity index (χ4v) is 3.82. The maximum Gasteiger partial charge on any atom is 0.242 e. The molecule has 0 bridgehead atoms. The van der Waals surface area contributed by atoms with Gasteiger partial charge in [-0.25, -0.2) is 0 Å². The topological polar surface area (TPSA) is 103 Å². The van der Waals surface area contributed by atoms with Crippen LogP contribution in [-0.2, 0) is 14.3 Å². The van der Waals surface area contributed by atoms with Crippen LogP contribution in [0.4, 0.5) is 0 Å². The van der Waals surface area contributed by atoms with Gasteiger partial charge in [-0.15, -0.1) is 0 Å². The van der Waals surface area contributed by atoms with E-state index >= 15 is 0 Å². The molecule has 3 aliphatic rings. The van der Waals surface area contributed by atoms with Gasteiger partial charge in [0.25, 0.3) is 0 Å². The number of hydrogen-bond acceptors (Lipinski definition) is 6. The van der Waals surface area contributed by atoms with Gasteiger partial charge in [-0.05, 0) is 25.2 Å². The summed E-state index contributed by atoms with van der Waals surface area (Å²) in [7, 11) is 0. The van der Waals surface area contributed by atoms with Gasteiger partial charge in [0.1, 0.15) is 12.3 Å². The van der Waals surface area contributed by atoms with E-state index in [2.05, 4.69) is 16.0 Å². The summed E-state index contributed by atoms with van der Waals surface area (Å²) in [6.45, 7) is 6.53. The van der Waals surface area contributed by atoms with Crippen molar-refractivity contribution in [3.8, 4) is 0 Å². The number of hydrogen-bond donors (Lipinski definition) is 4. The Bertz CT molecular complexity index is 509. The zero-order chi connectivity index (χ0) is 18.0. The highest BCUT2D eigenvalue weighted by molar-refractivity contribution is 5.90. The van der Waals surface area contributed by atoms with Crippen molar-refractivity contribution in [2.75, 3.05) is 32.8 Å². The number of amides is 2. The summed E-state index contributed by atoms with van der Waals surface area (Å²) in [6.07, 6.45) is 1.43. The van der Waals surface area contributed by atoms with Gasteiger partial charge >= 0.3 is 0 Å². The lowest BCUT2D eigenvalue weighted by Crippen LogP contribution is -2.69. The van der Waals surface area contributed by atoms with E-state index in [-0.39, 0.29) is 29.3 Å². The molecular weight excluding hydrogens is 324 g/mol. The third-order valence-electron chi connectivity index (χ3n) is 5.34. The van der Waals surface area contributed by atoms with Crippen LogP contribution in [-0.4, -0.2) is 78.5 Å². The van der Waals surface area contributed by atoms with Crippen LogP contribution in [0, 0.1) is 5.92 Å². The van der Waals surface area contributed by atoms with Crippen LogP contribution in [0.1, 0.15) is 33.1 Å². The molecule has 0 aromatic carbocycles. The minimum Gasteiger partial charge on any atom is -0.377 e. The second-order valence-corrected chi connectivity index (χ2v) is 7.94. The maximum atomic E-state index is 12.7. The summed E-state index contributed by atoms with van der Waals surface area (Å²) < 4.78 is 5.33. The molecule has 3 rings (SSSR count). The van der Waals surface area contributed by atoms with Crippen molar-refractivity contribution >= 4 is 11.8 Å². The molecule has 3 atom stereocenters. The molecule has 1 spiro atoms. The normalized spacial score (nSPS) is 33.8. The van der Waals surface area contributed by atoms with Crippen molar-refractivity contribution < 1.29 is 19.4 Å². The first kappa shape index (κ1) is 18.6. The molecule has 0 aromatic rings. The molecule has 0 saturated carbocycles. The summed E-state index contributed by atoms with van der Waals surface area (Å²) in [5.41, 5.74) is -0.336. The molecule has 0 aliphatic carbocycles. The van der Waals surface area contributed by atoms with Crippen LogP contribution in [0.2, 0.25) is 0 Å². The SMILES string of the molecule is CC(C)C[C@@H]1NC(=O)[C@H]2CCCN2C(O)CNC2(CNC1=O)COC2. The van der Waals surface area contributed by atoms with Gasteiger partial charge in [-0.3, -0.25) is 14.5 Å². The maximum absolute atomic E-state index is 12.7. The highest BCUT2D eigenvalue weighted by Gasteiger charge is 2.42. The lowest BCUT2D eigenvalue weighted by Gasteiger charge is -2.44. The second-order valence-electron chi connectivity index (χ2n) is 7.94. The van der Waals surface area contributed by atoms with E-state index in [4.69, 9.17) is 4.74 Å². The molecule has 8 heteroatoms. The number of aliphatic hydroxyl groups is 1. The number of fused-ring (bicyclic) bond motifs is 1. The van der Waals surface area contributed by atoms with Crippen molar-refractivity contribution in [3.63, 3.8) is 0 Å². The number of carbonyl (C=O) groups excluding carboxylic acids is 2. The Morgan fingerprint density at radius 3 is 2.72 bits per heavy atom.